The van der Waals surface area contributed by atoms with Crippen molar-refractivity contribution in [3.8, 4) is 0 Å². The zero-order valence-electron chi connectivity index (χ0n) is 10.7. The number of nitrogens with zero attached hydrogens (tertiary/aromatic N) is 2. The van der Waals surface area contributed by atoms with E-state index in [1.165, 1.54) is 0 Å². The predicted molar refractivity (Wildman–Crippen MR) is 80.7 cm³/mol. The molecule has 2 aromatic rings. The van der Waals surface area contributed by atoms with Crippen molar-refractivity contribution >= 4 is 33.3 Å². The molecule has 1 amide bonds. The first-order valence-corrected chi connectivity index (χ1v) is 6.56. The number of benzene rings is 1. The first-order chi connectivity index (χ1) is 9.08. The summed E-state index contributed by atoms with van der Waals surface area (Å²) in [7, 11) is 3.72. The summed E-state index contributed by atoms with van der Waals surface area (Å²) in [6, 6.07) is 11.0. The second-order valence-corrected chi connectivity index (χ2v) is 5.15. The minimum Gasteiger partial charge on any atom is -0.362 e. The van der Waals surface area contributed by atoms with Crippen molar-refractivity contribution in [2.45, 2.75) is 0 Å². The van der Waals surface area contributed by atoms with Crippen LogP contribution in [-0.4, -0.2) is 25.0 Å². The predicted octanol–water partition coefficient (Wildman–Crippen LogP) is 3.16. The zero-order chi connectivity index (χ0) is 13.8. The Balaban J connectivity index is 2.23. The van der Waals surface area contributed by atoms with Crippen LogP contribution >= 0.6 is 15.9 Å². The molecule has 0 aliphatic heterocycles. The summed E-state index contributed by atoms with van der Waals surface area (Å²) in [5.74, 6) is 0.483. The van der Waals surface area contributed by atoms with Crippen molar-refractivity contribution in [1.29, 1.82) is 0 Å². The number of amides is 1. The number of halogens is 1. The van der Waals surface area contributed by atoms with Gasteiger partial charge in [0.2, 0.25) is 0 Å². The Hall–Kier alpha value is -1.88. The van der Waals surface area contributed by atoms with Crippen molar-refractivity contribution in [1.82, 2.24) is 4.98 Å². The third-order valence-electron chi connectivity index (χ3n) is 2.56. The topological polar surface area (TPSA) is 45.2 Å². The molecule has 0 fully saturated rings. The Morgan fingerprint density at radius 2 is 1.89 bits per heavy atom. The number of carbonyl (C=O) groups is 1. The molecule has 0 atom stereocenters. The van der Waals surface area contributed by atoms with Gasteiger partial charge in [-0.2, -0.15) is 0 Å². The lowest BCUT2D eigenvalue weighted by Gasteiger charge is -2.15. The lowest BCUT2D eigenvalue weighted by molar-refractivity contribution is 0.102. The van der Waals surface area contributed by atoms with E-state index in [9.17, 15) is 4.79 Å². The smallest absolute Gasteiger partial charge is 0.259 e. The molecular formula is C14H14BrN3O. The lowest BCUT2D eigenvalue weighted by atomic mass is 10.2. The monoisotopic (exact) mass is 319 g/mol. The Morgan fingerprint density at radius 3 is 2.53 bits per heavy atom. The number of hydrogen-bond acceptors (Lipinski definition) is 3. The van der Waals surface area contributed by atoms with E-state index in [1.807, 2.05) is 43.3 Å². The molecule has 0 saturated heterocycles. The molecule has 1 N–H and O–H groups in total. The summed E-state index contributed by atoms with van der Waals surface area (Å²) in [5, 5.41) is 2.85. The van der Waals surface area contributed by atoms with Gasteiger partial charge in [-0.3, -0.25) is 4.79 Å². The summed E-state index contributed by atoms with van der Waals surface area (Å²) in [4.78, 5) is 18.3. The maximum atomic E-state index is 12.2. The van der Waals surface area contributed by atoms with Crippen molar-refractivity contribution < 1.29 is 4.79 Å². The van der Waals surface area contributed by atoms with E-state index < -0.39 is 0 Å². The Labute approximate surface area is 120 Å². The highest BCUT2D eigenvalue weighted by Gasteiger charge is 2.13. The Morgan fingerprint density at radius 1 is 1.21 bits per heavy atom. The minimum atomic E-state index is -0.167. The normalized spacial score (nSPS) is 10.1. The van der Waals surface area contributed by atoms with Crippen LogP contribution in [0.4, 0.5) is 11.5 Å². The van der Waals surface area contributed by atoms with Crippen LogP contribution in [0.5, 0.6) is 0 Å². The molecule has 0 bridgehead atoms. The maximum absolute atomic E-state index is 12.2. The molecule has 1 heterocycles. The molecule has 0 aliphatic rings. The van der Waals surface area contributed by atoms with Crippen LogP contribution in [0.2, 0.25) is 0 Å². The number of carbonyl (C=O) groups excluding carboxylic acids is 1. The summed E-state index contributed by atoms with van der Waals surface area (Å²) in [6.07, 6.45) is 1.67. The first-order valence-electron chi connectivity index (χ1n) is 5.77. The van der Waals surface area contributed by atoms with E-state index in [2.05, 4.69) is 26.2 Å². The molecule has 0 radical (unpaired) electrons. The Bertz CT molecular complexity index is 581. The van der Waals surface area contributed by atoms with Gasteiger partial charge in [-0.05, 0) is 36.4 Å². The number of aromatic nitrogens is 1. The average Bonchev–Trinajstić information content (AvgIpc) is 2.41. The highest BCUT2D eigenvalue weighted by molar-refractivity contribution is 9.10. The molecule has 2 rings (SSSR count). The fourth-order valence-electron chi connectivity index (χ4n) is 1.66. The molecule has 1 aromatic heterocycles. The van der Waals surface area contributed by atoms with Gasteiger partial charge in [0, 0.05) is 30.5 Å². The molecule has 19 heavy (non-hydrogen) atoms. The molecular weight excluding hydrogens is 306 g/mol. The van der Waals surface area contributed by atoms with Gasteiger partial charge in [-0.1, -0.05) is 15.9 Å². The molecule has 0 unspecified atom stereocenters. The number of nitrogens with one attached hydrogen (secondary N) is 1. The van der Waals surface area contributed by atoms with E-state index >= 15 is 0 Å². The van der Waals surface area contributed by atoms with E-state index in [4.69, 9.17) is 0 Å². The van der Waals surface area contributed by atoms with Crippen LogP contribution in [0, 0.1) is 0 Å². The van der Waals surface area contributed by atoms with Crippen LogP contribution < -0.4 is 10.2 Å². The van der Waals surface area contributed by atoms with Gasteiger partial charge in [0.25, 0.3) is 5.91 Å². The SMILES string of the molecule is CN(C)c1ncccc1C(=O)Nc1ccc(Br)cc1. The lowest BCUT2D eigenvalue weighted by Crippen LogP contribution is -2.19. The fourth-order valence-corrected chi connectivity index (χ4v) is 1.93. The number of rotatable bonds is 3. The van der Waals surface area contributed by atoms with Gasteiger partial charge in [0.05, 0.1) is 5.56 Å². The quantitative estimate of drug-likeness (QED) is 0.945. The third kappa shape index (κ3) is 3.32. The number of anilines is 2. The highest BCUT2D eigenvalue weighted by Crippen LogP contribution is 2.18. The molecule has 0 spiro atoms. The van der Waals surface area contributed by atoms with Gasteiger partial charge in [-0.25, -0.2) is 4.98 Å². The number of pyridine rings is 1. The van der Waals surface area contributed by atoms with Crippen molar-refractivity contribution in [2.75, 3.05) is 24.3 Å². The molecule has 1 aromatic carbocycles. The standard InChI is InChI=1S/C14H14BrN3O/c1-18(2)13-12(4-3-9-16-13)14(19)17-11-7-5-10(15)6-8-11/h3-9H,1-2H3,(H,17,19). The Kier molecular flexibility index (Phi) is 4.16. The summed E-state index contributed by atoms with van der Waals surface area (Å²) < 4.78 is 0.973. The average molecular weight is 320 g/mol. The van der Waals surface area contributed by atoms with E-state index in [0.29, 0.717) is 11.4 Å². The summed E-state index contributed by atoms with van der Waals surface area (Å²) in [6.45, 7) is 0. The fraction of sp³-hybridized carbons (Fsp3) is 0.143. The van der Waals surface area contributed by atoms with Crippen molar-refractivity contribution in [2.24, 2.45) is 0 Å². The van der Waals surface area contributed by atoms with Gasteiger partial charge >= 0.3 is 0 Å². The second-order valence-electron chi connectivity index (χ2n) is 4.23. The molecule has 0 saturated carbocycles. The van der Waals surface area contributed by atoms with Gasteiger partial charge in [0.15, 0.2) is 0 Å². The van der Waals surface area contributed by atoms with Crippen LogP contribution in [-0.2, 0) is 0 Å². The first kappa shape index (κ1) is 13.5. The van der Waals surface area contributed by atoms with Crippen molar-refractivity contribution in [3.05, 3.63) is 52.6 Å². The van der Waals surface area contributed by atoms with E-state index in [-0.39, 0.29) is 5.91 Å². The molecule has 5 heteroatoms. The van der Waals surface area contributed by atoms with Crippen LogP contribution in [0.3, 0.4) is 0 Å². The number of hydrogen-bond donors (Lipinski definition) is 1. The van der Waals surface area contributed by atoms with Gasteiger partial charge in [0.1, 0.15) is 5.82 Å². The van der Waals surface area contributed by atoms with Gasteiger partial charge < -0.3 is 10.2 Å². The highest BCUT2D eigenvalue weighted by atomic mass is 79.9. The summed E-state index contributed by atoms with van der Waals surface area (Å²) in [5.41, 5.74) is 1.30. The summed E-state index contributed by atoms with van der Waals surface area (Å²) >= 11 is 3.36. The third-order valence-corrected chi connectivity index (χ3v) is 3.09. The molecule has 4 nitrogen and oxygen atoms in total. The molecule has 98 valence electrons. The van der Waals surface area contributed by atoms with E-state index in [0.717, 1.165) is 10.2 Å². The van der Waals surface area contributed by atoms with Crippen LogP contribution in [0.15, 0.2) is 47.1 Å². The zero-order valence-corrected chi connectivity index (χ0v) is 12.3. The maximum Gasteiger partial charge on any atom is 0.259 e. The second kappa shape index (κ2) is 5.84. The van der Waals surface area contributed by atoms with Crippen LogP contribution in [0.1, 0.15) is 10.4 Å². The van der Waals surface area contributed by atoms with Crippen LogP contribution in [0.25, 0.3) is 0 Å². The van der Waals surface area contributed by atoms with Crippen molar-refractivity contribution in [3.63, 3.8) is 0 Å². The molecule has 0 aliphatic carbocycles. The van der Waals surface area contributed by atoms with E-state index in [1.54, 1.807) is 18.3 Å². The van der Waals surface area contributed by atoms with Gasteiger partial charge in [-0.15, -0.1) is 0 Å². The largest absolute Gasteiger partial charge is 0.362 e. The minimum absolute atomic E-state index is 0.167.